The van der Waals surface area contributed by atoms with Crippen molar-refractivity contribution in [2.75, 3.05) is 6.61 Å². The van der Waals surface area contributed by atoms with Crippen molar-refractivity contribution in [1.29, 1.82) is 0 Å². The average molecular weight is 286 g/mol. The molecule has 0 unspecified atom stereocenters. The quantitative estimate of drug-likeness (QED) is 0.755. The van der Waals surface area contributed by atoms with Crippen LogP contribution in [0.2, 0.25) is 0 Å². The van der Waals surface area contributed by atoms with Crippen LogP contribution in [0, 0.1) is 12.7 Å². The maximum absolute atomic E-state index is 13.0. The molecule has 0 aliphatic rings. The summed E-state index contributed by atoms with van der Waals surface area (Å²) in [5, 5.41) is 0. The van der Waals surface area contributed by atoms with E-state index in [9.17, 15) is 9.18 Å². The average Bonchev–Trinajstić information content (AvgIpc) is 2.46. The molecule has 0 heterocycles. The second-order valence-corrected chi connectivity index (χ2v) is 5.40. The third kappa shape index (κ3) is 3.91. The van der Waals surface area contributed by atoms with Crippen molar-refractivity contribution >= 4 is 5.78 Å². The van der Waals surface area contributed by atoms with E-state index in [4.69, 9.17) is 4.74 Å². The number of rotatable bonds is 5. The third-order valence-electron chi connectivity index (χ3n) is 3.40. The minimum Gasteiger partial charge on any atom is -0.485 e. The molecule has 2 aromatic carbocycles. The largest absolute Gasteiger partial charge is 0.485 e. The Kier molecular flexibility index (Phi) is 4.73. The third-order valence-corrected chi connectivity index (χ3v) is 3.40. The van der Waals surface area contributed by atoms with Crippen molar-refractivity contribution in [2.45, 2.75) is 26.7 Å². The molecule has 2 nitrogen and oxygen atoms in total. The van der Waals surface area contributed by atoms with E-state index in [0.717, 1.165) is 0 Å². The van der Waals surface area contributed by atoms with Crippen LogP contribution in [-0.4, -0.2) is 12.4 Å². The van der Waals surface area contributed by atoms with Crippen molar-refractivity contribution in [2.24, 2.45) is 0 Å². The molecular formula is C18H19FO2. The fourth-order valence-electron chi connectivity index (χ4n) is 2.06. The second kappa shape index (κ2) is 6.53. The summed E-state index contributed by atoms with van der Waals surface area (Å²) in [6, 6.07) is 11.8. The van der Waals surface area contributed by atoms with Gasteiger partial charge in [-0.3, -0.25) is 4.79 Å². The van der Waals surface area contributed by atoms with Crippen molar-refractivity contribution in [3.8, 4) is 5.75 Å². The molecule has 2 aromatic rings. The van der Waals surface area contributed by atoms with E-state index in [-0.39, 0.29) is 18.2 Å². The molecule has 0 saturated carbocycles. The van der Waals surface area contributed by atoms with Crippen LogP contribution in [0.1, 0.15) is 41.3 Å². The number of aryl methyl sites for hydroxylation is 1. The highest BCUT2D eigenvalue weighted by Gasteiger charge is 2.09. The van der Waals surface area contributed by atoms with Crippen LogP contribution in [0.25, 0.3) is 0 Å². The predicted molar refractivity (Wildman–Crippen MR) is 81.5 cm³/mol. The maximum atomic E-state index is 13.0. The molecule has 0 aliphatic carbocycles. The first-order valence-electron chi connectivity index (χ1n) is 6.99. The summed E-state index contributed by atoms with van der Waals surface area (Å²) in [5.74, 6) is 0.570. The molecule has 2 rings (SSSR count). The van der Waals surface area contributed by atoms with E-state index in [1.807, 2.05) is 24.3 Å². The predicted octanol–water partition coefficient (Wildman–Crippen LogP) is 4.52. The maximum Gasteiger partial charge on any atom is 0.200 e. The molecule has 0 bridgehead atoms. The van der Waals surface area contributed by atoms with Gasteiger partial charge < -0.3 is 4.74 Å². The van der Waals surface area contributed by atoms with Crippen LogP contribution in [-0.2, 0) is 0 Å². The van der Waals surface area contributed by atoms with Gasteiger partial charge in [0.05, 0.1) is 0 Å². The van der Waals surface area contributed by atoms with Gasteiger partial charge in [-0.2, -0.15) is 0 Å². The minimum atomic E-state index is -0.310. The molecule has 21 heavy (non-hydrogen) atoms. The molecule has 0 aliphatic heterocycles. The smallest absolute Gasteiger partial charge is 0.200 e. The van der Waals surface area contributed by atoms with Crippen LogP contribution in [0.4, 0.5) is 4.39 Å². The van der Waals surface area contributed by atoms with Gasteiger partial charge >= 0.3 is 0 Å². The van der Waals surface area contributed by atoms with Crippen molar-refractivity contribution in [3.05, 3.63) is 65.0 Å². The Morgan fingerprint density at radius 2 is 1.81 bits per heavy atom. The van der Waals surface area contributed by atoms with Crippen molar-refractivity contribution in [1.82, 2.24) is 0 Å². The summed E-state index contributed by atoms with van der Waals surface area (Å²) >= 11 is 0. The summed E-state index contributed by atoms with van der Waals surface area (Å²) in [7, 11) is 0. The van der Waals surface area contributed by atoms with Crippen LogP contribution in [0.15, 0.2) is 42.5 Å². The summed E-state index contributed by atoms with van der Waals surface area (Å²) in [5.41, 5.74) is 2.50. The Bertz CT molecular complexity index is 630. The van der Waals surface area contributed by atoms with Crippen LogP contribution < -0.4 is 4.74 Å². The molecule has 0 aromatic heterocycles. The first-order valence-corrected chi connectivity index (χ1v) is 6.99. The van der Waals surface area contributed by atoms with Crippen LogP contribution in [0.3, 0.4) is 0 Å². The van der Waals surface area contributed by atoms with Crippen LogP contribution >= 0.6 is 0 Å². The number of carbonyl (C=O) groups is 1. The molecule has 0 fully saturated rings. The number of ether oxygens (including phenoxy) is 1. The number of carbonyl (C=O) groups excluding carboxylic acids is 1. The van der Waals surface area contributed by atoms with Crippen molar-refractivity contribution in [3.63, 3.8) is 0 Å². The summed E-state index contributed by atoms with van der Waals surface area (Å²) < 4.78 is 18.5. The van der Waals surface area contributed by atoms with Gasteiger partial charge in [0.1, 0.15) is 11.6 Å². The van der Waals surface area contributed by atoms with Gasteiger partial charge in [-0.05, 0) is 42.2 Å². The molecule has 3 heteroatoms. The van der Waals surface area contributed by atoms with Gasteiger partial charge in [0.2, 0.25) is 0 Å². The molecular weight excluding hydrogens is 267 g/mol. The zero-order valence-electron chi connectivity index (χ0n) is 12.5. The molecule has 0 radical (unpaired) electrons. The Labute approximate surface area is 124 Å². The Hall–Kier alpha value is -2.16. The Morgan fingerprint density at radius 3 is 2.38 bits per heavy atom. The van der Waals surface area contributed by atoms with Gasteiger partial charge in [-0.25, -0.2) is 4.39 Å². The number of hydrogen-bond donors (Lipinski definition) is 0. The number of Topliss-reactive ketones (excluding diaryl/α,β-unsaturated/α-hetero) is 1. The van der Waals surface area contributed by atoms with Gasteiger partial charge in [0, 0.05) is 5.56 Å². The van der Waals surface area contributed by atoms with E-state index < -0.39 is 0 Å². The fourth-order valence-corrected chi connectivity index (χ4v) is 2.06. The minimum absolute atomic E-state index is 0.0481. The van der Waals surface area contributed by atoms with Gasteiger partial charge in [0.15, 0.2) is 12.4 Å². The Morgan fingerprint density at radius 1 is 1.14 bits per heavy atom. The normalized spacial score (nSPS) is 10.7. The number of hydrogen-bond acceptors (Lipinski definition) is 2. The molecule has 0 saturated heterocycles. The van der Waals surface area contributed by atoms with Gasteiger partial charge in [-0.1, -0.05) is 38.1 Å². The number of benzene rings is 2. The lowest BCUT2D eigenvalue weighted by atomic mass is 10.0. The lowest BCUT2D eigenvalue weighted by molar-refractivity contribution is 0.0921. The van der Waals surface area contributed by atoms with E-state index in [1.165, 1.54) is 17.7 Å². The van der Waals surface area contributed by atoms with E-state index in [0.29, 0.717) is 22.8 Å². The number of ketones is 1. The standard InChI is InChI=1S/C18H19FO2/c1-12(2)14-4-6-15(7-5-14)17(20)11-21-18-9-8-16(19)10-13(18)3/h4-10,12H,11H2,1-3H3. The fraction of sp³-hybridized carbons (Fsp3) is 0.278. The SMILES string of the molecule is Cc1cc(F)ccc1OCC(=O)c1ccc(C(C)C)cc1. The summed E-state index contributed by atoms with van der Waals surface area (Å²) in [6.07, 6.45) is 0. The van der Waals surface area contributed by atoms with Crippen LogP contribution in [0.5, 0.6) is 5.75 Å². The topological polar surface area (TPSA) is 26.3 Å². The summed E-state index contributed by atoms with van der Waals surface area (Å²) in [6.45, 7) is 5.92. The van der Waals surface area contributed by atoms with Gasteiger partial charge in [-0.15, -0.1) is 0 Å². The monoisotopic (exact) mass is 286 g/mol. The second-order valence-electron chi connectivity index (χ2n) is 5.40. The first-order chi connectivity index (χ1) is 9.97. The first kappa shape index (κ1) is 15.2. The zero-order valence-corrected chi connectivity index (χ0v) is 12.5. The zero-order chi connectivity index (χ0) is 15.4. The Balaban J connectivity index is 2.01. The lowest BCUT2D eigenvalue weighted by Crippen LogP contribution is -2.12. The molecule has 110 valence electrons. The van der Waals surface area contributed by atoms with Crippen molar-refractivity contribution < 1.29 is 13.9 Å². The molecule has 0 N–H and O–H groups in total. The number of halogens is 1. The molecule has 0 amide bonds. The van der Waals surface area contributed by atoms with E-state index in [1.54, 1.807) is 13.0 Å². The molecule has 0 atom stereocenters. The van der Waals surface area contributed by atoms with E-state index >= 15 is 0 Å². The van der Waals surface area contributed by atoms with E-state index in [2.05, 4.69) is 13.8 Å². The summed E-state index contributed by atoms with van der Waals surface area (Å²) in [4.78, 5) is 12.1. The molecule has 0 spiro atoms. The highest BCUT2D eigenvalue weighted by Crippen LogP contribution is 2.19. The highest BCUT2D eigenvalue weighted by molar-refractivity contribution is 5.97. The van der Waals surface area contributed by atoms with Gasteiger partial charge in [0.25, 0.3) is 0 Å². The highest BCUT2D eigenvalue weighted by atomic mass is 19.1. The lowest BCUT2D eigenvalue weighted by Gasteiger charge is -2.09.